The zero-order chi connectivity index (χ0) is 13.1. The van der Waals surface area contributed by atoms with Crippen molar-refractivity contribution in [3.05, 3.63) is 46.4 Å². The average Bonchev–Trinajstić information content (AvgIpc) is 2.75. The van der Waals surface area contributed by atoms with Crippen molar-refractivity contribution in [2.45, 2.75) is 13.0 Å². The first-order valence-corrected chi connectivity index (χ1v) is 5.41. The van der Waals surface area contributed by atoms with Gasteiger partial charge in [-0.2, -0.15) is 0 Å². The van der Waals surface area contributed by atoms with Gasteiger partial charge in [-0.15, -0.1) is 10.2 Å². The minimum absolute atomic E-state index is 0.288. The number of nitrogens with zero attached hydrogens (tertiary/aromatic N) is 3. The summed E-state index contributed by atoms with van der Waals surface area (Å²) in [5.74, 6) is 0.324. The van der Waals surface area contributed by atoms with Gasteiger partial charge in [-0.25, -0.2) is 0 Å². The molecule has 2 N–H and O–H groups in total. The lowest BCUT2D eigenvalue weighted by molar-refractivity contribution is 0.0937. The van der Waals surface area contributed by atoms with Crippen LogP contribution in [0, 0.1) is 0 Å². The third-order valence-electron chi connectivity index (χ3n) is 2.52. The first-order valence-electron chi connectivity index (χ1n) is 5.41. The lowest BCUT2D eigenvalue weighted by atomic mass is 10.2. The van der Waals surface area contributed by atoms with Crippen LogP contribution in [0.2, 0.25) is 0 Å². The van der Waals surface area contributed by atoms with Crippen molar-refractivity contribution in [1.82, 2.24) is 25.1 Å². The van der Waals surface area contributed by atoms with Gasteiger partial charge in [-0.3, -0.25) is 9.59 Å². The Labute approximate surface area is 103 Å². The molecular formula is C11H13N5O2. The quantitative estimate of drug-likeness (QED) is 0.798. The maximum atomic E-state index is 11.9. The average molecular weight is 247 g/mol. The molecule has 1 atom stereocenters. The van der Waals surface area contributed by atoms with Crippen LogP contribution in [0.5, 0.6) is 0 Å². The van der Waals surface area contributed by atoms with Crippen LogP contribution in [-0.2, 0) is 7.05 Å². The van der Waals surface area contributed by atoms with Gasteiger partial charge in [0.1, 0.15) is 6.33 Å². The summed E-state index contributed by atoms with van der Waals surface area (Å²) in [5, 5.41) is 10.4. The molecule has 0 fully saturated rings. The highest BCUT2D eigenvalue weighted by atomic mass is 16.2. The molecule has 7 heteroatoms. The highest BCUT2D eigenvalue weighted by Crippen LogP contribution is 2.08. The molecule has 0 bridgehead atoms. The topological polar surface area (TPSA) is 92.7 Å². The third-order valence-corrected chi connectivity index (χ3v) is 2.52. The van der Waals surface area contributed by atoms with E-state index >= 15 is 0 Å². The van der Waals surface area contributed by atoms with Gasteiger partial charge in [-0.05, 0) is 13.0 Å². The Morgan fingerprint density at radius 2 is 2.33 bits per heavy atom. The second-order valence-corrected chi connectivity index (χ2v) is 3.94. The Kier molecular flexibility index (Phi) is 3.22. The maximum Gasteiger partial charge on any atom is 0.252 e. The Balaban J connectivity index is 2.13. The zero-order valence-electron chi connectivity index (χ0n) is 10.0. The van der Waals surface area contributed by atoms with Crippen molar-refractivity contribution < 1.29 is 4.79 Å². The largest absolute Gasteiger partial charge is 0.342 e. The van der Waals surface area contributed by atoms with Gasteiger partial charge in [0.25, 0.3) is 5.91 Å². The fourth-order valence-electron chi connectivity index (χ4n) is 1.61. The van der Waals surface area contributed by atoms with Gasteiger partial charge < -0.3 is 14.9 Å². The second kappa shape index (κ2) is 4.82. The predicted molar refractivity (Wildman–Crippen MR) is 63.9 cm³/mol. The highest BCUT2D eigenvalue weighted by molar-refractivity contribution is 5.94. The highest BCUT2D eigenvalue weighted by Gasteiger charge is 2.15. The molecule has 0 aliphatic rings. The molecule has 2 rings (SSSR count). The summed E-state index contributed by atoms with van der Waals surface area (Å²) < 4.78 is 1.72. The summed E-state index contributed by atoms with van der Waals surface area (Å²) >= 11 is 0. The number of hydrogen-bond acceptors (Lipinski definition) is 4. The van der Waals surface area contributed by atoms with E-state index in [0.717, 1.165) is 0 Å². The summed E-state index contributed by atoms with van der Waals surface area (Å²) in [5.41, 5.74) is 0.00160. The molecule has 2 heterocycles. The van der Waals surface area contributed by atoms with Gasteiger partial charge >= 0.3 is 0 Å². The Morgan fingerprint density at radius 3 is 2.94 bits per heavy atom. The van der Waals surface area contributed by atoms with Crippen molar-refractivity contribution in [1.29, 1.82) is 0 Å². The van der Waals surface area contributed by atoms with Gasteiger partial charge in [0.2, 0.25) is 5.56 Å². The van der Waals surface area contributed by atoms with Crippen molar-refractivity contribution in [2.75, 3.05) is 0 Å². The van der Waals surface area contributed by atoms with E-state index in [-0.39, 0.29) is 17.5 Å². The van der Waals surface area contributed by atoms with Crippen molar-refractivity contribution in [2.24, 2.45) is 7.05 Å². The van der Waals surface area contributed by atoms with E-state index in [1.807, 2.05) is 0 Å². The third kappa shape index (κ3) is 2.45. The van der Waals surface area contributed by atoms with Crippen LogP contribution in [0.3, 0.4) is 0 Å². The van der Waals surface area contributed by atoms with Crippen LogP contribution in [0.4, 0.5) is 0 Å². The number of amides is 1. The summed E-state index contributed by atoms with van der Waals surface area (Å²) in [7, 11) is 1.80. The zero-order valence-corrected chi connectivity index (χ0v) is 10.0. The van der Waals surface area contributed by atoms with Crippen molar-refractivity contribution in [3.8, 4) is 0 Å². The number of aromatic amines is 1. The SMILES string of the molecule is CC(NC(=O)c1cc[nH]c(=O)c1)c1nncn1C. The first-order chi connectivity index (χ1) is 8.58. The minimum atomic E-state index is -0.323. The van der Waals surface area contributed by atoms with Crippen LogP contribution < -0.4 is 10.9 Å². The van der Waals surface area contributed by atoms with E-state index in [9.17, 15) is 9.59 Å². The molecule has 0 radical (unpaired) electrons. The van der Waals surface area contributed by atoms with E-state index < -0.39 is 0 Å². The fraction of sp³-hybridized carbons (Fsp3) is 0.273. The smallest absolute Gasteiger partial charge is 0.252 e. The normalized spacial score (nSPS) is 12.1. The molecule has 1 unspecified atom stereocenters. The number of hydrogen-bond donors (Lipinski definition) is 2. The van der Waals surface area contributed by atoms with Gasteiger partial charge in [0.15, 0.2) is 5.82 Å². The van der Waals surface area contributed by atoms with Crippen LogP contribution in [-0.4, -0.2) is 25.7 Å². The van der Waals surface area contributed by atoms with E-state index in [0.29, 0.717) is 11.4 Å². The molecule has 7 nitrogen and oxygen atoms in total. The number of pyridine rings is 1. The number of rotatable bonds is 3. The lowest BCUT2D eigenvalue weighted by Gasteiger charge is -2.12. The molecule has 0 saturated carbocycles. The number of carbonyl (C=O) groups is 1. The molecular weight excluding hydrogens is 234 g/mol. The van der Waals surface area contributed by atoms with Gasteiger partial charge in [-0.1, -0.05) is 0 Å². The summed E-state index contributed by atoms with van der Waals surface area (Å²) in [4.78, 5) is 25.4. The van der Waals surface area contributed by atoms with E-state index in [1.54, 1.807) is 30.9 Å². The Morgan fingerprint density at radius 1 is 1.56 bits per heavy atom. The summed E-state index contributed by atoms with van der Waals surface area (Å²) in [6.07, 6.45) is 3.00. The predicted octanol–water partition coefficient (Wildman–Crippen LogP) is -0.00560. The van der Waals surface area contributed by atoms with Crippen molar-refractivity contribution >= 4 is 5.91 Å². The molecule has 2 aromatic rings. The minimum Gasteiger partial charge on any atom is -0.342 e. The fourth-order valence-corrected chi connectivity index (χ4v) is 1.61. The molecule has 0 aliphatic heterocycles. The Bertz CT molecular complexity index is 616. The van der Waals surface area contributed by atoms with E-state index in [2.05, 4.69) is 20.5 Å². The number of aromatic nitrogens is 4. The summed E-state index contributed by atoms with van der Waals surface area (Å²) in [6, 6.07) is 2.50. The standard InChI is InChI=1S/C11H13N5O2/c1-7(10-15-13-6-16(10)2)14-11(18)8-3-4-12-9(17)5-8/h3-7H,1-2H3,(H,12,17)(H,14,18). The van der Waals surface area contributed by atoms with E-state index in [1.165, 1.54) is 12.3 Å². The number of H-pyrrole nitrogens is 1. The Hall–Kier alpha value is -2.44. The molecule has 1 amide bonds. The molecule has 18 heavy (non-hydrogen) atoms. The second-order valence-electron chi connectivity index (χ2n) is 3.94. The van der Waals surface area contributed by atoms with Gasteiger partial charge in [0.05, 0.1) is 6.04 Å². The van der Waals surface area contributed by atoms with Crippen LogP contribution in [0.15, 0.2) is 29.5 Å². The molecule has 2 aromatic heterocycles. The molecule has 94 valence electrons. The molecule has 0 spiro atoms. The maximum absolute atomic E-state index is 11.9. The van der Waals surface area contributed by atoms with Crippen LogP contribution in [0.25, 0.3) is 0 Å². The van der Waals surface area contributed by atoms with E-state index in [4.69, 9.17) is 0 Å². The first kappa shape index (κ1) is 12.0. The number of carbonyl (C=O) groups excluding carboxylic acids is 1. The molecule has 0 saturated heterocycles. The van der Waals surface area contributed by atoms with Crippen LogP contribution in [0.1, 0.15) is 29.1 Å². The number of aryl methyl sites for hydroxylation is 1. The lowest BCUT2D eigenvalue weighted by Crippen LogP contribution is -2.29. The summed E-state index contributed by atoms with van der Waals surface area (Å²) in [6.45, 7) is 1.80. The van der Waals surface area contributed by atoms with Crippen LogP contribution >= 0.6 is 0 Å². The van der Waals surface area contributed by atoms with Crippen molar-refractivity contribution in [3.63, 3.8) is 0 Å². The van der Waals surface area contributed by atoms with Gasteiger partial charge in [0, 0.05) is 24.9 Å². The monoisotopic (exact) mass is 247 g/mol. The molecule has 0 aliphatic carbocycles. The number of nitrogens with one attached hydrogen (secondary N) is 2. The molecule has 0 aromatic carbocycles.